The first-order chi connectivity index (χ1) is 8.38. The summed E-state index contributed by atoms with van der Waals surface area (Å²) >= 11 is 0. The monoisotopic (exact) mass is 291 g/mol. The van der Waals surface area contributed by atoms with E-state index in [1.54, 1.807) is 6.07 Å². The van der Waals surface area contributed by atoms with Gasteiger partial charge in [0.15, 0.2) is 11.5 Å². The molecule has 100 valence electrons. The molecule has 0 bridgehead atoms. The molecule has 0 amide bonds. The van der Waals surface area contributed by atoms with E-state index in [1.165, 1.54) is 6.07 Å². The highest BCUT2D eigenvalue weighted by Crippen LogP contribution is 2.39. The summed E-state index contributed by atoms with van der Waals surface area (Å²) in [5, 5.41) is 0. The van der Waals surface area contributed by atoms with Crippen LogP contribution >= 0.6 is 10.7 Å². The van der Waals surface area contributed by atoms with Gasteiger partial charge < -0.3 is 14.4 Å². The molecule has 18 heavy (non-hydrogen) atoms. The summed E-state index contributed by atoms with van der Waals surface area (Å²) in [5.41, 5.74) is 0.809. The van der Waals surface area contributed by atoms with Gasteiger partial charge in [0.05, 0.1) is 0 Å². The molecular formula is C11H14ClNO4S. The molecular weight excluding hydrogens is 278 g/mol. The molecule has 0 unspecified atom stereocenters. The van der Waals surface area contributed by atoms with Gasteiger partial charge in [0.1, 0.15) is 18.1 Å². The average Bonchev–Trinajstić information content (AvgIpc) is 2.25. The quantitative estimate of drug-likeness (QED) is 0.789. The molecule has 0 N–H and O–H groups in total. The lowest BCUT2D eigenvalue weighted by atomic mass is 10.2. The van der Waals surface area contributed by atoms with Gasteiger partial charge in [-0.05, 0) is 31.8 Å². The minimum atomic E-state index is -3.85. The highest BCUT2D eigenvalue weighted by Gasteiger charge is 2.25. The Morgan fingerprint density at radius 3 is 2.56 bits per heavy atom. The lowest BCUT2D eigenvalue weighted by Crippen LogP contribution is -2.18. The van der Waals surface area contributed by atoms with Crippen LogP contribution in [0.4, 0.5) is 0 Å². The van der Waals surface area contributed by atoms with E-state index in [0.717, 1.165) is 5.56 Å². The predicted molar refractivity (Wildman–Crippen MR) is 67.9 cm³/mol. The Bertz CT molecular complexity index is 556. The van der Waals surface area contributed by atoms with E-state index < -0.39 is 9.05 Å². The van der Waals surface area contributed by atoms with Gasteiger partial charge in [0.25, 0.3) is 9.05 Å². The van der Waals surface area contributed by atoms with Crippen molar-refractivity contribution < 1.29 is 17.9 Å². The number of hydrogen-bond donors (Lipinski definition) is 0. The first-order valence-corrected chi connectivity index (χ1v) is 7.71. The van der Waals surface area contributed by atoms with Gasteiger partial charge in [-0.3, -0.25) is 0 Å². The van der Waals surface area contributed by atoms with Crippen LogP contribution in [0.3, 0.4) is 0 Å². The van der Waals surface area contributed by atoms with Crippen molar-refractivity contribution in [3.8, 4) is 11.5 Å². The summed E-state index contributed by atoms with van der Waals surface area (Å²) in [7, 11) is 5.36. The molecule has 0 aliphatic carbocycles. The van der Waals surface area contributed by atoms with Crippen molar-refractivity contribution in [2.24, 2.45) is 0 Å². The number of fused-ring (bicyclic) bond motifs is 1. The van der Waals surface area contributed by atoms with Crippen LogP contribution in [0.15, 0.2) is 17.0 Å². The average molecular weight is 292 g/mol. The van der Waals surface area contributed by atoms with Crippen molar-refractivity contribution in [2.45, 2.75) is 11.4 Å². The predicted octanol–water partition coefficient (Wildman–Crippen LogP) is 1.45. The normalized spacial score (nSPS) is 14.9. The summed E-state index contributed by atoms with van der Waals surface area (Å²) in [4.78, 5) is 1.90. The maximum atomic E-state index is 11.6. The summed E-state index contributed by atoms with van der Waals surface area (Å²) in [6.07, 6.45) is 0. The second kappa shape index (κ2) is 4.95. The van der Waals surface area contributed by atoms with Crippen LogP contribution in [0.5, 0.6) is 11.5 Å². The van der Waals surface area contributed by atoms with Crippen LogP contribution in [-0.4, -0.2) is 40.6 Å². The fraction of sp³-hybridized carbons (Fsp3) is 0.455. The van der Waals surface area contributed by atoms with Crippen molar-refractivity contribution >= 4 is 19.7 Å². The van der Waals surface area contributed by atoms with Crippen LogP contribution in [0.1, 0.15) is 5.56 Å². The van der Waals surface area contributed by atoms with Crippen molar-refractivity contribution in [1.29, 1.82) is 0 Å². The van der Waals surface area contributed by atoms with E-state index in [-0.39, 0.29) is 10.6 Å². The zero-order valence-electron chi connectivity index (χ0n) is 10.1. The van der Waals surface area contributed by atoms with Gasteiger partial charge >= 0.3 is 0 Å². The zero-order valence-corrected chi connectivity index (χ0v) is 11.7. The smallest absolute Gasteiger partial charge is 0.265 e. The van der Waals surface area contributed by atoms with E-state index in [1.807, 2.05) is 19.0 Å². The van der Waals surface area contributed by atoms with Crippen molar-refractivity contribution in [3.05, 3.63) is 17.7 Å². The van der Waals surface area contributed by atoms with Crippen molar-refractivity contribution in [2.75, 3.05) is 27.3 Å². The Kier molecular flexibility index (Phi) is 3.70. The van der Waals surface area contributed by atoms with E-state index >= 15 is 0 Å². The number of rotatable bonds is 3. The van der Waals surface area contributed by atoms with Crippen LogP contribution in [0.25, 0.3) is 0 Å². The standard InChI is InChI=1S/C11H14ClNO4S/c1-13(2)7-8-5-9-11(17-4-3-16-9)10(6-8)18(12,14)15/h5-6H,3-4,7H2,1-2H3. The minimum absolute atomic E-state index is 0.0294. The highest BCUT2D eigenvalue weighted by atomic mass is 35.7. The lowest BCUT2D eigenvalue weighted by molar-refractivity contribution is 0.166. The van der Waals surface area contributed by atoms with Gasteiger partial charge in [0, 0.05) is 17.2 Å². The second-order valence-corrected chi connectivity index (χ2v) is 6.83. The van der Waals surface area contributed by atoms with E-state index in [9.17, 15) is 8.42 Å². The largest absolute Gasteiger partial charge is 0.486 e. The molecule has 1 aliphatic heterocycles. The first kappa shape index (κ1) is 13.5. The Morgan fingerprint density at radius 2 is 1.94 bits per heavy atom. The van der Waals surface area contributed by atoms with E-state index in [2.05, 4.69) is 0 Å². The fourth-order valence-corrected chi connectivity index (χ4v) is 2.83. The van der Waals surface area contributed by atoms with E-state index in [0.29, 0.717) is 25.5 Å². The molecule has 0 atom stereocenters. The number of benzene rings is 1. The van der Waals surface area contributed by atoms with Crippen LogP contribution in [0, 0.1) is 0 Å². The number of hydrogen-bond acceptors (Lipinski definition) is 5. The minimum Gasteiger partial charge on any atom is -0.486 e. The topological polar surface area (TPSA) is 55.8 Å². The van der Waals surface area contributed by atoms with Gasteiger partial charge in [-0.2, -0.15) is 0 Å². The molecule has 1 heterocycles. The number of ether oxygens (including phenoxy) is 2. The third kappa shape index (κ3) is 2.88. The summed E-state index contributed by atoms with van der Waals surface area (Å²) < 4.78 is 33.9. The number of halogens is 1. The molecule has 0 fully saturated rings. The molecule has 0 saturated carbocycles. The first-order valence-electron chi connectivity index (χ1n) is 5.40. The van der Waals surface area contributed by atoms with Crippen molar-refractivity contribution in [3.63, 3.8) is 0 Å². The SMILES string of the molecule is CN(C)Cc1cc2c(c(S(=O)(=O)Cl)c1)OCCO2. The molecule has 1 aliphatic rings. The van der Waals surface area contributed by atoms with Crippen molar-refractivity contribution in [1.82, 2.24) is 4.90 Å². The Balaban J connectivity index is 2.55. The molecule has 0 saturated heterocycles. The maximum absolute atomic E-state index is 11.6. The fourth-order valence-electron chi connectivity index (χ4n) is 1.81. The molecule has 5 nitrogen and oxygen atoms in total. The Labute approximate surface area is 111 Å². The highest BCUT2D eigenvalue weighted by molar-refractivity contribution is 8.13. The Hall–Kier alpha value is -0.980. The molecule has 0 aromatic heterocycles. The van der Waals surface area contributed by atoms with Crippen LogP contribution in [-0.2, 0) is 15.6 Å². The molecule has 1 aromatic rings. The van der Waals surface area contributed by atoms with E-state index in [4.69, 9.17) is 20.2 Å². The summed E-state index contributed by atoms with van der Waals surface area (Å²) in [5.74, 6) is 0.638. The molecule has 0 radical (unpaired) electrons. The van der Waals surface area contributed by atoms with Gasteiger partial charge in [-0.25, -0.2) is 8.42 Å². The molecule has 7 heteroatoms. The van der Waals surface area contributed by atoms with Crippen LogP contribution in [0.2, 0.25) is 0 Å². The molecule has 0 spiro atoms. The molecule has 2 rings (SSSR count). The van der Waals surface area contributed by atoms with Gasteiger partial charge in [0.2, 0.25) is 0 Å². The summed E-state index contributed by atoms with van der Waals surface area (Å²) in [6, 6.07) is 3.30. The third-order valence-electron chi connectivity index (χ3n) is 2.43. The number of nitrogens with zero attached hydrogens (tertiary/aromatic N) is 1. The third-order valence-corrected chi connectivity index (χ3v) is 3.76. The zero-order chi connectivity index (χ0) is 13.3. The lowest BCUT2D eigenvalue weighted by Gasteiger charge is -2.22. The van der Waals surface area contributed by atoms with Gasteiger partial charge in [-0.15, -0.1) is 0 Å². The molecule has 1 aromatic carbocycles. The maximum Gasteiger partial charge on any atom is 0.265 e. The van der Waals surface area contributed by atoms with Gasteiger partial charge in [-0.1, -0.05) is 0 Å². The Morgan fingerprint density at radius 1 is 1.28 bits per heavy atom. The van der Waals surface area contributed by atoms with Crippen LogP contribution < -0.4 is 9.47 Å². The second-order valence-electron chi connectivity index (χ2n) is 4.29. The summed E-state index contributed by atoms with van der Waals surface area (Å²) in [6.45, 7) is 1.32.